The van der Waals surface area contributed by atoms with E-state index in [4.69, 9.17) is 21.1 Å². The van der Waals surface area contributed by atoms with E-state index in [0.29, 0.717) is 74.0 Å². The third-order valence-corrected chi connectivity index (χ3v) is 5.85. The fourth-order valence-corrected chi connectivity index (χ4v) is 4.22. The molecule has 33 heavy (non-hydrogen) atoms. The number of nitrogens with one attached hydrogen (secondary N) is 1. The Kier molecular flexibility index (Phi) is 9.27. The highest BCUT2D eigenvalue weighted by atomic mass is 35.5. The molecular formula is C26H35ClN2O4. The predicted molar refractivity (Wildman–Crippen MR) is 131 cm³/mol. The van der Waals surface area contributed by atoms with Crippen LogP contribution >= 0.6 is 11.6 Å². The average Bonchev–Trinajstić information content (AvgIpc) is 3.02. The molecule has 1 amide bonds. The molecule has 0 spiro atoms. The Hall–Kier alpha value is -2.44. The number of hydrogen-bond donors (Lipinski definition) is 2. The van der Waals surface area contributed by atoms with Gasteiger partial charge in [-0.2, -0.15) is 0 Å². The Balaban J connectivity index is 1.60. The van der Waals surface area contributed by atoms with Gasteiger partial charge < -0.3 is 24.8 Å². The number of benzene rings is 2. The molecule has 0 fully saturated rings. The lowest BCUT2D eigenvalue weighted by Crippen LogP contribution is -2.40. The first kappa shape index (κ1) is 25.2. The molecule has 7 heteroatoms. The van der Waals surface area contributed by atoms with Crippen LogP contribution in [0.1, 0.15) is 38.3 Å². The molecule has 2 aromatic carbocycles. The van der Waals surface area contributed by atoms with Crippen LogP contribution in [0, 0.1) is 11.8 Å². The number of amides is 1. The van der Waals surface area contributed by atoms with Crippen molar-refractivity contribution in [2.75, 3.05) is 32.8 Å². The standard InChI is InChI=1S/C26H35ClN2O4/c1-18(2)16-29(17-20-13-22(27)25-24(14-20)32-11-6-12-33-25)26(31)19(3)15-28-10-9-21-7-4-5-8-23(21)30/h4-5,7-8,13-14,18-19,28,30H,6,9-12,15-17H2,1-3H3. The number of phenolic OH excluding ortho intramolecular Hbond substituents is 1. The molecule has 0 bridgehead atoms. The monoisotopic (exact) mass is 474 g/mol. The Bertz CT molecular complexity index is 935. The first-order chi connectivity index (χ1) is 15.8. The van der Waals surface area contributed by atoms with Crippen molar-refractivity contribution in [1.82, 2.24) is 10.2 Å². The van der Waals surface area contributed by atoms with Gasteiger partial charge in [0.05, 0.1) is 18.2 Å². The number of para-hydroxylation sites is 1. The van der Waals surface area contributed by atoms with Gasteiger partial charge in [0, 0.05) is 32.0 Å². The first-order valence-corrected chi connectivity index (χ1v) is 12.1. The molecule has 2 aromatic rings. The maximum Gasteiger partial charge on any atom is 0.226 e. The number of carbonyl (C=O) groups excluding carboxylic acids is 1. The topological polar surface area (TPSA) is 71.0 Å². The van der Waals surface area contributed by atoms with Crippen LogP contribution in [0.4, 0.5) is 0 Å². The maximum atomic E-state index is 13.3. The average molecular weight is 475 g/mol. The molecule has 6 nitrogen and oxygen atoms in total. The van der Waals surface area contributed by atoms with Gasteiger partial charge >= 0.3 is 0 Å². The second-order valence-corrected chi connectivity index (χ2v) is 9.46. The van der Waals surface area contributed by atoms with Gasteiger partial charge in [-0.1, -0.05) is 50.6 Å². The number of carbonyl (C=O) groups is 1. The molecule has 1 atom stereocenters. The van der Waals surface area contributed by atoms with E-state index in [2.05, 4.69) is 19.2 Å². The second kappa shape index (κ2) is 12.1. The first-order valence-electron chi connectivity index (χ1n) is 11.7. The molecule has 1 aliphatic rings. The highest BCUT2D eigenvalue weighted by Gasteiger charge is 2.23. The van der Waals surface area contributed by atoms with E-state index in [1.54, 1.807) is 6.07 Å². The van der Waals surface area contributed by atoms with Crippen molar-refractivity contribution in [2.45, 2.75) is 40.2 Å². The van der Waals surface area contributed by atoms with Crippen LogP contribution in [0.5, 0.6) is 17.2 Å². The number of nitrogens with zero attached hydrogens (tertiary/aromatic N) is 1. The molecule has 1 heterocycles. The lowest BCUT2D eigenvalue weighted by molar-refractivity contribution is -0.136. The molecule has 3 rings (SSSR count). The van der Waals surface area contributed by atoms with Crippen LogP contribution in [-0.4, -0.2) is 48.8 Å². The molecule has 1 aliphatic heterocycles. The largest absolute Gasteiger partial charge is 0.508 e. The maximum absolute atomic E-state index is 13.3. The number of phenols is 1. The number of halogens is 1. The second-order valence-electron chi connectivity index (χ2n) is 9.05. The van der Waals surface area contributed by atoms with Crippen molar-refractivity contribution in [3.05, 3.63) is 52.5 Å². The number of ether oxygens (including phenoxy) is 2. The summed E-state index contributed by atoms with van der Waals surface area (Å²) < 4.78 is 11.5. The van der Waals surface area contributed by atoms with Crippen LogP contribution in [0.2, 0.25) is 5.02 Å². The number of hydrogen-bond acceptors (Lipinski definition) is 5. The quantitative estimate of drug-likeness (QED) is 0.490. The summed E-state index contributed by atoms with van der Waals surface area (Å²) in [4.78, 5) is 15.2. The predicted octanol–water partition coefficient (Wildman–Crippen LogP) is 4.66. The zero-order valence-electron chi connectivity index (χ0n) is 19.8. The van der Waals surface area contributed by atoms with Gasteiger partial charge in [-0.05, 0) is 48.2 Å². The zero-order valence-corrected chi connectivity index (χ0v) is 20.5. The Morgan fingerprint density at radius 1 is 1.18 bits per heavy atom. The van der Waals surface area contributed by atoms with Gasteiger partial charge in [-0.15, -0.1) is 0 Å². The lowest BCUT2D eigenvalue weighted by atomic mass is 10.1. The summed E-state index contributed by atoms with van der Waals surface area (Å²) in [5.41, 5.74) is 1.83. The molecule has 2 N–H and O–H groups in total. The minimum atomic E-state index is -0.177. The Labute approximate surface area is 201 Å². The van der Waals surface area contributed by atoms with E-state index in [0.717, 1.165) is 17.5 Å². The minimum Gasteiger partial charge on any atom is -0.508 e. The van der Waals surface area contributed by atoms with Gasteiger partial charge in [0.25, 0.3) is 0 Å². The molecule has 0 aromatic heterocycles. The lowest BCUT2D eigenvalue weighted by Gasteiger charge is -2.28. The van der Waals surface area contributed by atoms with Gasteiger partial charge in [-0.3, -0.25) is 4.79 Å². The van der Waals surface area contributed by atoms with E-state index >= 15 is 0 Å². The van der Waals surface area contributed by atoms with Crippen molar-refractivity contribution in [3.8, 4) is 17.2 Å². The molecule has 1 unspecified atom stereocenters. The summed E-state index contributed by atoms with van der Waals surface area (Å²) >= 11 is 6.46. The van der Waals surface area contributed by atoms with Crippen LogP contribution in [-0.2, 0) is 17.8 Å². The summed E-state index contributed by atoms with van der Waals surface area (Å²) in [6.45, 7) is 9.72. The van der Waals surface area contributed by atoms with Crippen LogP contribution in [0.25, 0.3) is 0 Å². The van der Waals surface area contributed by atoms with Crippen LogP contribution < -0.4 is 14.8 Å². The van der Waals surface area contributed by atoms with E-state index in [-0.39, 0.29) is 11.8 Å². The zero-order chi connectivity index (χ0) is 23.8. The number of rotatable bonds is 10. The van der Waals surface area contributed by atoms with Gasteiger partial charge in [-0.25, -0.2) is 0 Å². The molecule has 0 saturated carbocycles. The normalized spacial score (nSPS) is 14.1. The van der Waals surface area contributed by atoms with Gasteiger partial charge in [0.15, 0.2) is 11.5 Å². The van der Waals surface area contributed by atoms with E-state index in [1.807, 2.05) is 42.2 Å². The van der Waals surface area contributed by atoms with Crippen molar-refractivity contribution in [3.63, 3.8) is 0 Å². The van der Waals surface area contributed by atoms with Crippen molar-refractivity contribution in [2.24, 2.45) is 11.8 Å². The summed E-state index contributed by atoms with van der Waals surface area (Å²) in [5, 5.41) is 13.8. The smallest absolute Gasteiger partial charge is 0.226 e. The fraction of sp³-hybridized carbons (Fsp3) is 0.500. The minimum absolute atomic E-state index is 0.0991. The van der Waals surface area contributed by atoms with E-state index in [1.165, 1.54) is 0 Å². The molecule has 0 saturated heterocycles. The van der Waals surface area contributed by atoms with Gasteiger partial charge in [0.2, 0.25) is 5.91 Å². The van der Waals surface area contributed by atoms with E-state index < -0.39 is 0 Å². The number of fused-ring (bicyclic) bond motifs is 1. The number of aromatic hydroxyl groups is 1. The van der Waals surface area contributed by atoms with Crippen LogP contribution in [0.15, 0.2) is 36.4 Å². The summed E-state index contributed by atoms with van der Waals surface area (Å²) in [6.07, 6.45) is 1.52. The van der Waals surface area contributed by atoms with Crippen molar-refractivity contribution in [1.29, 1.82) is 0 Å². The molecular weight excluding hydrogens is 440 g/mol. The van der Waals surface area contributed by atoms with E-state index in [9.17, 15) is 9.90 Å². The highest BCUT2D eigenvalue weighted by Crippen LogP contribution is 2.38. The Morgan fingerprint density at radius 2 is 1.94 bits per heavy atom. The molecule has 0 aliphatic carbocycles. The summed E-state index contributed by atoms with van der Waals surface area (Å²) in [7, 11) is 0. The molecule has 180 valence electrons. The van der Waals surface area contributed by atoms with Crippen LogP contribution in [0.3, 0.4) is 0 Å². The van der Waals surface area contributed by atoms with Crippen molar-refractivity contribution < 1.29 is 19.4 Å². The molecule has 0 radical (unpaired) electrons. The highest BCUT2D eigenvalue weighted by molar-refractivity contribution is 6.32. The Morgan fingerprint density at radius 3 is 2.70 bits per heavy atom. The van der Waals surface area contributed by atoms with Crippen molar-refractivity contribution >= 4 is 17.5 Å². The van der Waals surface area contributed by atoms with Gasteiger partial charge in [0.1, 0.15) is 5.75 Å². The third kappa shape index (κ3) is 7.27. The summed E-state index contributed by atoms with van der Waals surface area (Å²) in [5.74, 6) is 1.80. The fourth-order valence-electron chi connectivity index (χ4n) is 3.93. The summed E-state index contributed by atoms with van der Waals surface area (Å²) in [6, 6.07) is 11.1. The third-order valence-electron chi connectivity index (χ3n) is 5.57. The SMILES string of the molecule is CC(C)CN(Cc1cc(Cl)c2c(c1)OCCCO2)C(=O)C(C)CNCCc1ccccc1O.